The highest BCUT2D eigenvalue weighted by molar-refractivity contribution is 5.88. The van der Waals surface area contributed by atoms with Crippen molar-refractivity contribution in [2.24, 2.45) is 28.3 Å². The van der Waals surface area contributed by atoms with Crippen LogP contribution in [0.15, 0.2) is 35.4 Å². The van der Waals surface area contributed by atoms with Gasteiger partial charge in [-0.15, -0.1) is 0 Å². The standard InChI is InChI=1S/C35H61N5O4/c1-13-26(6)30(39-33(43)44-22-28-17-15-14-16-18-28)31(41)38-29(20-25(4)5)21-36-40(12)35(10,11)23-34(8,9)32(42)37-27(7)19-24(2)3/h14-18,21,24-27,29-30H,13,19-20,22-23H2,1-12H3,(H,37,42)(H,38,41)(H,39,43)/b36-21+/t26-,27?,29-,30+/m1/s1. The number of carbonyl (C=O) groups is 3. The van der Waals surface area contributed by atoms with Crippen LogP contribution >= 0.6 is 0 Å². The van der Waals surface area contributed by atoms with Crippen LogP contribution in [0.4, 0.5) is 4.79 Å². The van der Waals surface area contributed by atoms with E-state index in [4.69, 9.17) is 9.84 Å². The van der Waals surface area contributed by atoms with Crippen LogP contribution in [0.1, 0.15) is 107 Å². The smallest absolute Gasteiger partial charge is 0.408 e. The molecule has 1 unspecified atom stereocenters. The minimum absolute atomic E-state index is 0.0342. The number of alkyl carbamates (subject to hydrolysis) is 1. The van der Waals surface area contributed by atoms with E-state index in [0.717, 1.165) is 12.0 Å². The lowest BCUT2D eigenvalue weighted by Gasteiger charge is -2.39. The van der Waals surface area contributed by atoms with Crippen molar-refractivity contribution in [2.75, 3.05) is 7.05 Å². The van der Waals surface area contributed by atoms with Crippen LogP contribution < -0.4 is 16.0 Å². The van der Waals surface area contributed by atoms with Gasteiger partial charge in [0, 0.05) is 24.7 Å². The van der Waals surface area contributed by atoms with E-state index in [1.807, 2.05) is 77.0 Å². The number of nitrogens with one attached hydrogen (secondary N) is 3. The Morgan fingerprint density at radius 2 is 1.50 bits per heavy atom. The Bertz CT molecular complexity index is 1050. The van der Waals surface area contributed by atoms with E-state index in [1.165, 1.54) is 0 Å². The fourth-order valence-electron chi connectivity index (χ4n) is 5.33. The normalized spacial score (nSPS) is 15.0. The predicted molar refractivity (Wildman–Crippen MR) is 180 cm³/mol. The average Bonchev–Trinajstić information content (AvgIpc) is 2.91. The Labute approximate surface area is 267 Å². The van der Waals surface area contributed by atoms with E-state index in [2.05, 4.69) is 57.5 Å². The number of rotatable bonds is 18. The molecule has 0 saturated carbocycles. The first-order valence-corrected chi connectivity index (χ1v) is 16.2. The van der Waals surface area contributed by atoms with Gasteiger partial charge in [0.15, 0.2) is 0 Å². The maximum atomic E-state index is 13.5. The van der Waals surface area contributed by atoms with Gasteiger partial charge in [-0.05, 0) is 63.4 Å². The lowest BCUT2D eigenvalue weighted by atomic mass is 9.79. The molecular formula is C35H61N5O4. The number of nitrogens with zero attached hydrogens (tertiary/aromatic N) is 2. The summed E-state index contributed by atoms with van der Waals surface area (Å²) in [5.41, 5.74) is -0.167. The van der Waals surface area contributed by atoms with E-state index in [9.17, 15) is 14.4 Å². The van der Waals surface area contributed by atoms with Gasteiger partial charge in [-0.2, -0.15) is 5.10 Å². The summed E-state index contributed by atoms with van der Waals surface area (Å²) in [6.07, 6.45) is 4.03. The van der Waals surface area contributed by atoms with Crippen LogP contribution in [0.3, 0.4) is 0 Å². The van der Waals surface area contributed by atoms with Crippen molar-refractivity contribution in [1.82, 2.24) is 21.0 Å². The van der Waals surface area contributed by atoms with Crippen LogP contribution in [0, 0.1) is 23.2 Å². The van der Waals surface area contributed by atoms with Crippen molar-refractivity contribution in [3.8, 4) is 0 Å². The van der Waals surface area contributed by atoms with Gasteiger partial charge < -0.3 is 20.7 Å². The van der Waals surface area contributed by atoms with E-state index in [0.29, 0.717) is 31.1 Å². The molecule has 0 spiro atoms. The third kappa shape index (κ3) is 14.1. The molecule has 0 saturated heterocycles. The van der Waals surface area contributed by atoms with Crippen molar-refractivity contribution in [1.29, 1.82) is 0 Å². The Morgan fingerprint density at radius 3 is 2.05 bits per heavy atom. The molecule has 9 heteroatoms. The molecule has 0 aromatic heterocycles. The minimum atomic E-state index is -0.752. The van der Waals surface area contributed by atoms with Crippen molar-refractivity contribution in [3.63, 3.8) is 0 Å². The van der Waals surface area contributed by atoms with Gasteiger partial charge in [0.1, 0.15) is 12.6 Å². The summed E-state index contributed by atoms with van der Waals surface area (Å²) in [7, 11) is 1.90. The molecule has 0 aliphatic carbocycles. The minimum Gasteiger partial charge on any atom is -0.445 e. The molecule has 9 nitrogen and oxygen atoms in total. The lowest BCUT2D eigenvalue weighted by molar-refractivity contribution is -0.132. The zero-order valence-electron chi connectivity index (χ0n) is 29.5. The highest BCUT2D eigenvalue weighted by Gasteiger charge is 2.37. The fourth-order valence-corrected chi connectivity index (χ4v) is 5.33. The molecule has 0 radical (unpaired) electrons. The number of amides is 3. The molecule has 0 aliphatic heterocycles. The predicted octanol–water partition coefficient (Wildman–Crippen LogP) is 6.52. The number of hydrogen-bond acceptors (Lipinski definition) is 6. The largest absolute Gasteiger partial charge is 0.445 e. The van der Waals surface area contributed by atoms with E-state index >= 15 is 0 Å². The van der Waals surface area contributed by atoms with Gasteiger partial charge in [0.05, 0.1) is 11.6 Å². The molecule has 44 heavy (non-hydrogen) atoms. The van der Waals surface area contributed by atoms with Gasteiger partial charge >= 0.3 is 6.09 Å². The SMILES string of the molecule is CC[C@@H](C)[C@H](NC(=O)OCc1ccccc1)C(=O)N[C@@H](/C=N/N(C)C(C)(C)CC(C)(C)C(=O)NC(C)CC(C)C)CC(C)C. The summed E-state index contributed by atoms with van der Waals surface area (Å²) in [4.78, 5) is 39.3. The average molecular weight is 616 g/mol. The van der Waals surface area contributed by atoms with Crippen molar-refractivity contribution in [3.05, 3.63) is 35.9 Å². The number of carbonyl (C=O) groups excluding carboxylic acids is 3. The number of hydrazone groups is 1. The van der Waals surface area contributed by atoms with Crippen LogP contribution in [-0.2, 0) is 20.9 Å². The van der Waals surface area contributed by atoms with E-state index < -0.39 is 23.1 Å². The molecule has 0 heterocycles. The Balaban J connectivity index is 2.95. The van der Waals surface area contributed by atoms with Gasteiger partial charge in [0.25, 0.3) is 0 Å². The summed E-state index contributed by atoms with van der Waals surface area (Å²) >= 11 is 0. The van der Waals surface area contributed by atoms with Gasteiger partial charge in [-0.25, -0.2) is 4.79 Å². The molecule has 3 amide bonds. The number of hydrogen-bond donors (Lipinski definition) is 3. The second-order valence-electron chi connectivity index (χ2n) is 14.5. The third-order valence-corrected chi connectivity index (χ3v) is 8.02. The molecule has 1 aromatic rings. The zero-order valence-corrected chi connectivity index (χ0v) is 29.5. The fraction of sp³-hybridized carbons (Fsp3) is 0.714. The second kappa shape index (κ2) is 18.0. The third-order valence-electron chi connectivity index (χ3n) is 8.02. The number of benzene rings is 1. The van der Waals surface area contributed by atoms with Crippen LogP contribution in [0.25, 0.3) is 0 Å². The molecule has 0 aliphatic rings. The zero-order chi connectivity index (χ0) is 33.7. The van der Waals surface area contributed by atoms with Crippen molar-refractivity contribution < 1.29 is 19.1 Å². The molecule has 1 aromatic carbocycles. The summed E-state index contributed by atoms with van der Waals surface area (Å²) in [6.45, 7) is 22.7. The lowest BCUT2D eigenvalue weighted by Crippen LogP contribution is -2.53. The van der Waals surface area contributed by atoms with Crippen molar-refractivity contribution >= 4 is 24.1 Å². The maximum Gasteiger partial charge on any atom is 0.408 e. The molecule has 0 bridgehead atoms. The molecular weight excluding hydrogens is 554 g/mol. The van der Waals surface area contributed by atoms with Gasteiger partial charge in [0.2, 0.25) is 11.8 Å². The van der Waals surface area contributed by atoms with Crippen molar-refractivity contribution in [2.45, 2.75) is 132 Å². The maximum absolute atomic E-state index is 13.5. The topological polar surface area (TPSA) is 112 Å². The summed E-state index contributed by atoms with van der Waals surface area (Å²) < 4.78 is 5.39. The Hall–Kier alpha value is -3.10. The van der Waals surface area contributed by atoms with Gasteiger partial charge in [-0.1, -0.05) is 92.1 Å². The highest BCUT2D eigenvalue weighted by Crippen LogP contribution is 2.32. The summed E-state index contributed by atoms with van der Waals surface area (Å²) in [5.74, 6) is 0.463. The molecule has 1 rings (SSSR count). The van der Waals surface area contributed by atoms with Crippen LogP contribution in [0.5, 0.6) is 0 Å². The van der Waals surface area contributed by atoms with Gasteiger partial charge in [-0.3, -0.25) is 14.6 Å². The quantitative estimate of drug-likeness (QED) is 0.129. The van der Waals surface area contributed by atoms with E-state index in [1.54, 1.807) is 6.21 Å². The highest BCUT2D eigenvalue weighted by atomic mass is 16.5. The Kier molecular flexibility index (Phi) is 15.9. The summed E-state index contributed by atoms with van der Waals surface area (Å²) in [6, 6.07) is 8.44. The molecule has 3 N–H and O–H groups in total. The second-order valence-corrected chi connectivity index (χ2v) is 14.5. The molecule has 0 fully saturated rings. The van der Waals surface area contributed by atoms with Crippen LogP contribution in [0.2, 0.25) is 0 Å². The molecule has 4 atom stereocenters. The van der Waals surface area contributed by atoms with Crippen LogP contribution in [-0.4, -0.2) is 59.8 Å². The monoisotopic (exact) mass is 615 g/mol. The Morgan fingerprint density at radius 1 is 0.909 bits per heavy atom. The first kappa shape index (κ1) is 38.9. The first-order chi connectivity index (χ1) is 20.4. The summed E-state index contributed by atoms with van der Waals surface area (Å²) in [5, 5.41) is 15.7. The first-order valence-electron chi connectivity index (χ1n) is 16.2. The molecule has 250 valence electrons. The number of ether oxygens (including phenoxy) is 1. The van der Waals surface area contributed by atoms with E-state index in [-0.39, 0.29) is 36.4 Å².